The van der Waals surface area contributed by atoms with Gasteiger partial charge in [0, 0.05) is 17.5 Å². The van der Waals surface area contributed by atoms with E-state index in [0.29, 0.717) is 25.5 Å². The number of ether oxygens (including phenoxy) is 1. The maximum atomic E-state index is 14.4. The average molecular weight is 523 g/mol. The Kier molecular flexibility index (Phi) is 8.64. The topological polar surface area (TPSA) is 49.9 Å². The number of fused-ring (bicyclic) bond motifs is 1. The van der Waals surface area contributed by atoms with Gasteiger partial charge in [-0.3, -0.25) is 9.59 Å². The molecule has 0 aliphatic carbocycles. The molecule has 5 nitrogen and oxygen atoms in total. The number of nitrogens with zero attached hydrogens (tertiary/aromatic N) is 2. The highest BCUT2D eigenvalue weighted by Crippen LogP contribution is 2.34. The summed E-state index contributed by atoms with van der Waals surface area (Å²) in [5.41, 5.74) is 2.32. The molecule has 1 aliphatic rings. The van der Waals surface area contributed by atoms with Crippen LogP contribution in [0.1, 0.15) is 72.4 Å². The Hall–Kier alpha value is -3.19. The van der Waals surface area contributed by atoms with E-state index >= 15 is 0 Å². The van der Waals surface area contributed by atoms with Crippen LogP contribution in [0.25, 0.3) is 0 Å². The van der Waals surface area contributed by atoms with Crippen molar-refractivity contribution >= 4 is 23.2 Å². The average Bonchev–Trinajstić information content (AvgIpc) is 3.39. The SMILES string of the molecule is CC[C@@H](C)N(CC(=O)N1CCc2sccc2[C@H]1COc1ccc(C(C)C)cc1)C(=O)c1ccccc1F. The minimum Gasteiger partial charge on any atom is -0.491 e. The molecule has 0 saturated carbocycles. The lowest BCUT2D eigenvalue weighted by molar-refractivity contribution is -0.136. The van der Waals surface area contributed by atoms with Crippen LogP contribution in [0, 0.1) is 5.82 Å². The van der Waals surface area contributed by atoms with Crippen molar-refractivity contribution in [3.05, 3.63) is 87.4 Å². The predicted molar refractivity (Wildman–Crippen MR) is 146 cm³/mol. The molecule has 0 saturated heterocycles. The fraction of sp³-hybridized carbons (Fsp3) is 0.400. The van der Waals surface area contributed by atoms with E-state index in [1.165, 1.54) is 27.5 Å². The van der Waals surface area contributed by atoms with Crippen LogP contribution in [0.5, 0.6) is 5.75 Å². The maximum absolute atomic E-state index is 14.4. The molecule has 2 aromatic carbocycles. The van der Waals surface area contributed by atoms with Crippen molar-refractivity contribution in [1.29, 1.82) is 0 Å². The molecule has 0 unspecified atom stereocenters. The Labute approximate surface area is 222 Å². The minimum atomic E-state index is -0.580. The third-order valence-corrected chi connectivity index (χ3v) is 8.16. The van der Waals surface area contributed by atoms with Gasteiger partial charge in [0.25, 0.3) is 5.91 Å². The molecular formula is C30H35FN2O3S. The summed E-state index contributed by atoms with van der Waals surface area (Å²) in [7, 11) is 0. The lowest BCUT2D eigenvalue weighted by Gasteiger charge is -2.38. The van der Waals surface area contributed by atoms with Crippen LogP contribution in [-0.4, -0.2) is 47.4 Å². The van der Waals surface area contributed by atoms with Crippen LogP contribution in [0.15, 0.2) is 60.0 Å². The zero-order valence-corrected chi connectivity index (χ0v) is 22.8. The van der Waals surface area contributed by atoms with E-state index in [9.17, 15) is 14.0 Å². The quantitative estimate of drug-likeness (QED) is 0.324. The van der Waals surface area contributed by atoms with Crippen molar-refractivity contribution in [3.63, 3.8) is 0 Å². The first-order valence-electron chi connectivity index (χ1n) is 12.9. The summed E-state index contributed by atoms with van der Waals surface area (Å²) in [6.07, 6.45) is 1.42. The standard InChI is InChI=1S/C30H35FN2O3S/c1-5-21(4)33(30(35)24-8-6-7-9-26(24)31)18-29(34)32-16-14-28-25(15-17-37-28)27(32)19-36-23-12-10-22(11-13-23)20(2)3/h6-13,15,17,20-21,27H,5,14,16,18-19H2,1-4H3/t21-,27-/m1/s1. The Bertz CT molecular complexity index is 1220. The van der Waals surface area contributed by atoms with Crippen molar-refractivity contribution < 1.29 is 18.7 Å². The van der Waals surface area contributed by atoms with Gasteiger partial charge in [0.05, 0.1) is 11.6 Å². The number of benzene rings is 2. The second-order valence-corrected chi connectivity index (χ2v) is 10.9. The number of hydrogen-bond donors (Lipinski definition) is 0. The monoisotopic (exact) mass is 522 g/mol. The van der Waals surface area contributed by atoms with Gasteiger partial charge in [-0.1, -0.05) is 45.0 Å². The molecular weight excluding hydrogens is 487 g/mol. The number of thiophene rings is 1. The fourth-order valence-corrected chi connectivity index (χ4v) is 5.60. The Balaban J connectivity index is 1.54. The van der Waals surface area contributed by atoms with Crippen molar-refractivity contribution in [2.45, 2.75) is 58.5 Å². The first-order chi connectivity index (χ1) is 17.8. The van der Waals surface area contributed by atoms with Gasteiger partial charge in [-0.25, -0.2) is 4.39 Å². The first kappa shape index (κ1) is 26.9. The minimum absolute atomic E-state index is 0.0147. The summed E-state index contributed by atoms with van der Waals surface area (Å²) >= 11 is 1.70. The van der Waals surface area contributed by atoms with Gasteiger partial charge in [0.2, 0.25) is 5.91 Å². The highest BCUT2D eigenvalue weighted by atomic mass is 32.1. The Morgan fingerprint density at radius 1 is 1.11 bits per heavy atom. The number of hydrogen-bond acceptors (Lipinski definition) is 4. The van der Waals surface area contributed by atoms with Gasteiger partial charge in [0.1, 0.15) is 24.7 Å². The third kappa shape index (κ3) is 6.04. The first-order valence-corrected chi connectivity index (χ1v) is 13.8. The number of halogens is 1. The highest BCUT2D eigenvalue weighted by Gasteiger charge is 2.34. The maximum Gasteiger partial charge on any atom is 0.257 e. The van der Waals surface area contributed by atoms with Crippen molar-refractivity contribution in [1.82, 2.24) is 9.80 Å². The molecule has 0 N–H and O–H groups in total. The second kappa shape index (κ2) is 11.9. The molecule has 2 heterocycles. The van der Waals surface area contributed by atoms with Gasteiger partial charge in [-0.15, -0.1) is 11.3 Å². The predicted octanol–water partition coefficient (Wildman–Crippen LogP) is 6.46. The highest BCUT2D eigenvalue weighted by molar-refractivity contribution is 7.10. The normalized spacial score (nSPS) is 15.8. The molecule has 0 spiro atoms. The summed E-state index contributed by atoms with van der Waals surface area (Å²) < 4.78 is 20.6. The van der Waals surface area contributed by atoms with Crippen LogP contribution in [0.3, 0.4) is 0 Å². The number of amides is 2. The van der Waals surface area contributed by atoms with Gasteiger partial charge in [-0.2, -0.15) is 0 Å². The third-order valence-electron chi connectivity index (χ3n) is 7.16. The van der Waals surface area contributed by atoms with E-state index in [2.05, 4.69) is 37.4 Å². The van der Waals surface area contributed by atoms with Crippen molar-refractivity contribution in [3.8, 4) is 5.75 Å². The molecule has 3 aromatic rings. The number of carbonyl (C=O) groups excluding carboxylic acids is 2. The number of carbonyl (C=O) groups is 2. The summed E-state index contributed by atoms with van der Waals surface area (Å²) in [6.45, 7) is 8.91. The van der Waals surface area contributed by atoms with Crippen LogP contribution >= 0.6 is 11.3 Å². The molecule has 0 fully saturated rings. The molecule has 2 atom stereocenters. The molecule has 4 rings (SSSR count). The van der Waals surface area contributed by atoms with Gasteiger partial charge in [0.15, 0.2) is 0 Å². The fourth-order valence-electron chi connectivity index (χ4n) is 4.67. The molecule has 1 aliphatic heterocycles. The lowest BCUT2D eigenvalue weighted by Crippen LogP contribution is -2.50. The largest absolute Gasteiger partial charge is 0.491 e. The van der Waals surface area contributed by atoms with E-state index in [1.807, 2.05) is 30.9 Å². The number of rotatable bonds is 9. The molecule has 1 aromatic heterocycles. The van der Waals surface area contributed by atoms with Crippen LogP contribution < -0.4 is 4.74 Å². The molecule has 0 radical (unpaired) electrons. The van der Waals surface area contributed by atoms with E-state index in [0.717, 1.165) is 17.7 Å². The summed E-state index contributed by atoms with van der Waals surface area (Å²) in [4.78, 5) is 31.6. The molecule has 2 amide bonds. The summed E-state index contributed by atoms with van der Waals surface area (Å²) in [6, 6.07) is 15.6. The van der Waals surface area contributed by atoms with E-state index in [4.69, 9.17) is 4.74 Å². The molecule has 7 heteroatoms. The van der Waals surface area contributed by atoms with Gasteiger partial charge in [-0.05, 0) is 72.5 Å². The van der Waals surface area contributed by atoms with Gasteiger partial charge < -0.3 is 14.5 Å². The molecule has 0 bridgehead atoms. The van der Waals surface area contributed by atoms with E-state index < -0.39 is 11.7 Å². The summed E-state index contributed by atoms with van der Waals surface area (Å²) in [5.74, 6) is -0.00825. The lowest BCUT2D eigenvalue weighted by atomic mass is 10.00. The van der Waals surface area contributed by atoms with Crippen LogP contribution in [0.4, 0.5) is 4.39 Å². The van der Waals surface area contributed by atoms with Crippen LogP contribution in [-0.2, 0) is 11.2 Å². The molecule has 37 heavy (non-hydrogen) atoms. The van der Waals surface area contributed by atoms with E-state index in [1.54, 1.807) is 23.5 Å². The van der Waals surface area contributed by atoms with Crippen LogP contribution in [0.2, 0.25) is 0 Å². The zero-order valence-electron chi connectivity index (χ0n) is 21.9. The smallest absolute Gasteiger partial charge is 0.257 e. The Morgan fingerprint density at radius 2 is 1.84 bits per heavy atom. The van der Waals surface area contributed by atoms with Gasteiger partial charge >= 0.3 is 0 Å². The van der Waals surface area contributed by atoms with Crippen molar-refractivity contribution in [2.24, 2.45) is 0 Å². The second-order valence-electron chi connectivity index (χ2n) is 9.86. The summed E-state index contributed by atoms with van der Waals surface area (Å²) in [5, 5.41) is 2.05. The Morgan fingerprint density at radius 3 is 2.51 bits per heavy atom. The van der Waals surface area contributed by atoms with Crippen molar-refractivity contribution in [2.75, 3.05) is 19.7 Å². The zero-order chi connectivity index (χ0) is 26.5. The van der Waals surface area contributed by atoms with E-state index in [-0.39, 0.29) is 30.1 Å². The molecule has 196 valence electrons.